The van der Waals surface area contributed by atoms with Crippen LogP contribution >= 0.6 is 0 Å². The molecule has 0 aromatic carbocycles. The lowest BCUT2D eigenvalue weighted by Crippen LogP contribution is -2.40. The highest BCUT2D eigenvalue weighted by atomic mass is 16.6. The molecule has 15 heavy (non-hydrogen) atoms. The van der Waals surface area contributed by atoms with E-state index in [1.165, 1.54) is 0 Å². The fourth-order valence-electron chi connectivity index (χ4n) is 1.62. The number of carbonyl (C=O) groups excluding carboxylic acids is 1. The van der Waals surface area contributed by atoms with Crippen molar-refractivity contribution in [1.82, 2.24) is 0 Å². The van der Waals surface area contributed by atoms with E-state index in [9.17, 15) is 4.79 Å². The quantitative estimate of drug-likeness (QED) is 0.700. The van der Waals surface area contributed by atoms with Crippen LogP contribution in [0.5, 0.6) is 0 Å². The number of hydrogen-bond acceptors (Lipinski definition) is 4. The summed E-state index contributed by atoms with van der Waals surface area (Å²) in [7, 11) is 0. The highest BCUT2D eigenvalue weighted by Crippen LogP contribution is 2.18. The third kappa shape index (κ3) is 4.62. The molecular weight excluding hydrogens is 194 g/mol. The molecule has 1 heterocycles. The zero-order valence-corrected chi connectivity index (χ0v) is 9.79. The van der Waals surface area contributed by atoms with Crippen LogP contribution in [0.3, 0.4) is 0 Å². The molecule has 2 atom stereocenters. The SMILES string of the molecule is CC(C)(C)OC(=O)CC1COCCC1N. The van der Waals surface area contributed by atoms with E-state index in [2.05, 4.69) is 0 Å². The highest BCUT2D eigenvalue weighted by molar-refractivity contribution is 5.70. The average Bonchev–Trinajstić information content (AvgIpc) is 2.05. The maximum atomic E-state index is 11.5. The maximum Gasteiger partial charge on any atom is 0.306 e. The summed E-state index contributed by atoms with van der Waals surface area (Å²) in [6, 6.07) is 0.0614. The van der Waals surface area contributed by atoms with E-state index >= 15 is 0 Å². The second-order valence-electron chi connectivity index (χ2n) is 5.08. The number of carbonyl (C=O) groups is 1. The second-order valence-corrected chi connectivity index (χ2v) is 5.08. The number of ether oxygens (including phenoxy) is 2. The first kappa shape index (κ1) is 12.5. The van der Waals surface area contributed by atoms with Crippen LogP contribution in [0.1, 0.15) is 33.6 Å². The molecule has 1 saturated heterocycles. The van der Waals surface area contributed by atoms with Crippen LogP contribution < -0.4 is 5.73 Å². The van der Waals surface area contributed by atoms with Gasteiger partial charge >= 0.3 is 5.97 Å². The molecule has 0 radical (unpaired) electrons. The molecule has 0 saturated carbocycles. The van der Waals surface area contributed by atoms with Crippen LogP contribution in [0.25, 0.3) is 0 Å². The largest absolute Gasteiger partial charge is 0.460 e. The van der Waals surface area contributed by atoms with Gasteiger partial charge in [-0.1, -0.05) is 0 Å². The molecule has 1 aliphatic heterocycles. The van der Waals surface area contributed by atoms with E-state index in [1.54, 1.807) is 0 Å². The molecule has 0 bridgehead atoms. The Morgan fingerprint density at radius 3 is 2.73 bits per heavy atom. The van der Waals surface area contributed by atoms with E-state index in [4.69, 9.17) is 15.2 Å². The molecule has 2 N–H and O–H groups in total. The lowest BCUT2D eigenvalue weighted by atomic mass is 9.93. The van der Waals surface area contributed by atoms with Crippen molar-refractivity contribution < 1.29 is 14.3 Å². The zero-order chi connectivity index (χ0) is 11.5. The van der Waals surface area contributed by atoms with Gasteiger partial charge in [0.05, 0.1) is 13.0 Å². The molecule has 1 fully saturated rings. The summed E-state index contributed by atoms with van der Waals surface area (Å²) < 4.78 is 10.5. The van der Waals surface area contributed by atoms with E-state index in [-0.39, 0.29) is 17.9 Å². The minimum atomic E-state index is -0.420. The van der Waals surface area contributed by atoms with Gasteiger partial charge in [0.1, 0.15) is 5.60 Å². The molecule has 4 heteroatoms. The minimum absolute atomic E-state index is 0.0614. The third-order valence-corrected chi connectivity index (χ3v) is 2.38. The molecule has 0 aromatic heterocycles. The van der Waals surface area contributed by atoms with Crippen molar-refractivity contribution in [3.05, 3.63) is 0 Å². The van der Waals surface area contributed by atoms with Gasteiger partial charge in [-0.05, 0) is 27.2 Å². The van der Waals surface area contributed by atoms with Gasteiger partial charge in [-0.15, -0.1) is 0 Å². The van der Waals surface area contributed by atoms with Crippen molar-refractivity contribution >= 4 is 5.97 Å². The predicted octanol–water partition coefficient (Wildman–Crippen LogP) is 1.08. The Bertz CT molecular complexity index is 222. The van der Waals surface area contributed by atoms with Crippen LogP contribution in [0.4, 0.5) is 0 Å². The van der Waals surface area contributed by atoms with E-state index in [0.717, 1.165) is 6.42 Å². The second kappa shape index (κ2) is 4.94. The van der Waals surface area contributed by atoms with Crippen molar-refractivity contribution in [3.63, 3.8) is 0 Å². The van der Waals surface area contributed by atoms with Crippen molar-refractivity contribution in [1.29, 1.82) is 0 Å². The Labute approximate surface area is 91.1 Å². The third-order valence-electron chi connectivity index (χ3n) is 2.38. The Balaban J connectivity index is 2.36. The molecule has 2 unspecified atom stereocenters. The van der Waals surface area contributed by atoms with Crippen LogP contribution in [0, 0.1) is 5.92 Å². The van der Waals surface area contributed by atoms with Crippen LogP contribution in [0.2, 0.25) is 0 Å². The standard InChI is InChI=1S/C11H21NO3/c1-11(2,3)15-10(13)6-8-7-14-5-4-9(8)12/h8-9H,4-7,12H2,1-3H3. The van der Waals surface area contributed by atoms with Crippen molar-refractivity contribution in [2.75, 3.05) is 13.2 Å². The summed E-state index contributed by atoms with van der Waals surface area (Å²) in [5.74, 6) is -0.0814. The summed E-state index contributed by atoms with van der Waals surface area (Å²) in [6.07, 6.45) is 1.19. The summed E-state index contributed by atoms with van der Waals surface area (Å²) in [4.78, 5) is 11.5. The monoisotopic (exact) mass is 215 g/mol. The smallest absolute Gasteiger partial charge is 0.306 e. The average molecular weight is 215 g/mol. The summed E-state index contributed by atoms with van der Waals surface area (Å²) >= 11 is 0. The van der Waals surface area contributed by atoms with Gasteiger partial charge in [0.15, 0.2) is 0 Å². The van der Waals surface area contributed by atoms with E-state index < -0.39 is 5.60 Å². The van der Waals surface area contributed by atoms with Gasteiger partial charge in [-0.25, -0.2) is 0 Å². The zero-order valence-electron chi connectivity index (χ0n) is 9.79. The predicted molar refractivity (Wildman–Crippen MR) is 57.4 cm³/mol. The topological polar surface area (TPSA) is 61.5 Å². The molecular formula is C11H21NO3. The number of esters is 1. The number of rotatable bonds is 2. The molecule has 88 valence electrons. The molecule has 1 aliphatic rings. The maximum absolute atomic E-state index is 11.5. The molecule has 0 aliphatic carbocycles. The lowest BCUT2D eigenvalue weighted by Gasteiger charge is -2.29. The molecule has 4 nitrogen and oxygen atoms in total. The van der Waals surface area contributed by atoms with Gasteiger partial charge in [0, 0.05) is 18.6 Å². The Kier molecular flexibility index (Phi) is 4.11. The van der Waals surface area contributed by atoms with Crippen LogP contribution in [-0.4, -0.2) is 30.8 Å². The summed E-state index contributed by atoms with van der Waals surface area (Å²) in [6.45, 7) is 6.86. The first-order valence-electron chi connectivity index (χ1n) is 5.43. The Morgan fingerprint density at radius 2 is 2.20 bits per heavy atom. The molecule has 0 aromatic rings. The van der Waals surface area contributed by atoms with Crippen molar-refractivity contribution in [2.24, 2.45) is 11.7 Å². The van der Waals surface area contributed by atoms with Gasteiger partial charge in [0.25, 0.3) is 0 Å². The van der Waals surface area contributed by atoms with Crippen LogP contribution in [-0.2, 0) is 14.3 Å². The summed E-state index contributed by atoms with van der Waals surface area (Å²) in [5.41, 5.74) is 5.48. The summed E-state index contributed by atoms with van der Waals surface area (Å²) in [5, 5.41) is 0. The van der Waals surface area contributed by atoms with Gasteiger partial charge in [0.2, 0.25) is 0 Å². The van der Waals surface area contributed by atoms with Crippen molar-refractivity contribution in [3.8, 4) is 0 Å². The fourth-order valence-corrected chi connectivity index (χ4v) is 1.62. The van der Waals surface area contributed by atoms with E-state index in [1.807, 2.05) is 20.8 Å². The Hall–Kier alpha value is -0.610. The normalized spacial score (nSPS) is 27.5. The van der Waals surface area contributed by atoms with Gasteiger partial charge in [-0.3, -0.25) is 4.79 Å². The fraction of sp³-hybridized carbons (Fsp3) is 0.909. The first-order valence-corrected chi connectivity index (χ1v) is 5.43. The minimum Gasteiger partial charge on any atom is -0.460 e. The van der Waals surface area contributed by atoms with E-state index in [0.29, 0.717) is 19.6 Å². The highest BCUT2D eigenvalue weighted by Gasteiger charge is 2.27. The lowest BCUT2D eigenvalue weighted by molar-refractivity contribution is -0.157. The molecule has 1 rings (SSSR count). The molecule has 0 amide bonds. The van der Waals surface area contributed by atoms with Gasteiger partial charge in [-0.2, -0.15) is 0 Å². The number of nitrogens with two attached hydrogens (primary N) is 1. The molecule has 0 spiro atoms. The number of hydrogen-bond donors (Lipinski definition) is 1. The Morgan fingerprint density at radius 1 is 1.53 bits per heavy atom. The van der Waals surface area contributed by atoms with Gasteiger partial charge < -0.3 is 15.2 Å². The van der Waals surface area contributed by atoms with Crippen LogP contribution in [0.15, 0.2) is 0 Å². The first-order chi connectivity index (χ1) is 6.88. The van der Waals surface area contributed by atoms with Crippen molar-refractivity contribution in [2.45, 2.75) is 45.3 Å².